The van der Waals surface area contributed by atoms with Crippen LogP contribution in [0, 0.1) is 18.8 Å². The number of carbonyl (C=O) groups excluding carboxylic acids is 3. The number of esters is 1. The van der Waals surface area contributed by atoms with Crippen LogP contribution in [0.3, 0.4) is 0 Å². The van der Waals surface area contributed by atoms with E-state index in [2.05, 4.69) is 15.5 Å². The molecular formula is C37H53N4O10PS. The summed E-state index contributed by atoms with van der Waals surface area (Å²) in [5, 5.41) is 7.03. The number of unbranched alkanes of at least 4 members (excludes halogenated alkanes) is 1. The quantitative estimate of drug-likeness (QED) is 0.0694. The topological polar surface area (TPSA) is 169 Å². The Balaban J connectivity index is 1.57. The monoisotopic (exact) mass is 776 g/mol. The first kappa shape index (κ1) is 42.1. The number of benzene rings is 1. The first-order valence-corrected chi connectivity index (χ1v) is 20.5. The summed E-state index contributed by atoms with van der Waals surface area (Å²) < 4.78 is 47.4. The summed E-state index contributed by atoms with van der Waals surface area (Å²) in [6.07, 6.45) is 0.714. The Bertz CT molecular complexity index is 1690. The molecule has 3 heterocycles. The fourth-order valence-corrected chi connectivity index (χ4v) is 8.19. The summed E-state index contributed by atoms with van der Waals surface area (Å²) in [4.78, 5) is 46.6. The van der Waals surface area contributed by atoms with Gasteiger partial charge in [-0.1, -0.05) is 65.3 Å². The second-order valence-corrected chi connectivity index (χ2v) is 16.4. The highest BCUT2D eigenvalue weighted by atomic mass is 32.1. The van der Waals surface area contributed by atoms with Gasteiger partial charge in [0.15, 0.2) is 5.76 Å². The van der Waals surface area contributed by atoms with Crippen LogP contribution < -0.4 is 10.1 Å². The number of phosphoric ester groups is 1. The molecule has 0 spiro atoms. The van der Waals surface area contributed by atoms with E-state index in [9.17, 15) is 18.9 Å². The first-order valence-electron chi connectivity index (χ1n) is 18.1. The molecule has 2 amide bonds. The molecule has 1 saturated heterocycles. The Morgan fingerprint density at radius 2 is 1.81 bits per heavy atom. The molecule has 0 aliphatic carbocycles. The van der Waals surface area contributed by atoms with Gasteiger partial charge in [0.1, 0.15) is 25.2 Å². The van der Waals surface area contributed by atoms with Gasteiger partial charge in [0.25, 0.3) is 5.88 Å². The largest absolute Gasteiger partial charge is 0.475 e. The maximum absolute atomic E-state index is 14.5. The third kappa shape index (κ3) is 11.9. The number of aromatic nitrogens is 2. The van der Waals surface area contributed by atoms with Crippen molar-refractivity contribution >= 4 is 36.9 Å². The third-order valence-corrected chi connectivity index (χ3v) is 11.1. The molecule has 16 heteroatoms. The van der Waals surface area contributed by atoms with Crippen LogP contribution in [0.15, 0.2) is 40.4 Å². The van der Waals surface area contributed by atoms with Crippen LogP contribution in [0.1, 0.15) is 96.7 Å². The van der Waals surface area contributed by atoms with Gasteiger partial charge < -0.3 is 24.2 Å². The van der Waals surface area contributed by atoms with Crippen molar-refractivity contribution in [1.29, 1.82) is 0 Å². The number of carbonyl (C=O) groups is 3. The average molecular weight is 777 g/mol. The second kappa shape index (κ2) is 19.6. The average Bonchev–Trinajstić information content (AvgIpc) is 3.86. The van der Waals surface area contributed by atoms with Gasteiger partial charge in [-0.15, -0.1) is 11.3 Å². The molecule has 3 aromatic rings. The molecular weight excluding hydrogens is 723 g/mol. The van der Waals surface area contributed by atoms with Crippen molar-refractivity contribution in [3.05, 3.63) is 52.9 Å². The number of ether oxygens (including phenoxy) is 2. The normalized spacial score (nSPS) is 18.2. The molecule has 1 N–H and O–H groups in total. The van der Waals surface area contributed by atoms with Gasteiger partial charge in [0.2, 0.25) is 11.8 Å². The zero-order chi connectivity index (χ0) is 38.7. The molecule has 4 rings (SSSR count). The lowest BCUT2D eigenvalue weighted by atomic mass is 9.91. The maximum Gasteiger partial charge on any atom is 0.475 e. The lowest BCUT2D eigenvalue weighted by Crippen LogP contribution is -2.48. The number of thiazole rings is 1. The molecule has 53 heavy (non-hydrogen) atoms. The lowest BCUT2D eigenvalue weighted by Gasteiger charge is -2.29. The summed E-state index contributed by atoms with van der Waals surface area (Å²) in [6.45, 7) is 15.1. The van der Waals surface area contributed by atoms with Crippen LogP contribution in [0.4, 0.5) is 0 Å². The minimum absolute atomic E-state index is 0.0251. The van der Waals surface area contributed by atoms with Crippen LogP contribution in [0.5, 0.6) is 5.88 Å². The Morgan fingerprint density at radius 3 is 2.43 bits per heavy atom. The summed E-state index contributed by atoms with van der Waals surface area (Å²) in [5.74, 6) is -1.90. The third-order valence-electron chi connectivity index (χ3n) is 8.60. The minimum atomic E-state index is -4.04. The molecule has 0 bridgehead atoms. The summed E-state index contributed by atoms with van der Waals surface area (Å²) in [5.41, 5.74) is 4.68. The number of rotatable bonds is 20. The maximum atomic E-state index is 14.5. The van der Waals surface area contributed by atoms with Gasteiger partial charge >= 0.3 is 13.8 Å². The van der Waals surface area contributed by atoms with Crippen LogP contribution in [0.2, 0.25) is 0 Å². The Labute approximate surface area is 315 Å². The zero-order valence-corrected chi connectivity index (χ0v) is 33.6. The van der Waals surface area contributed by atoms with Gasteiger partial charge in [0, 0.05) is 26.0 Å². The van der Waals surface area contributed by atoms with Crippen LogP contribution in [0.25, 0.3) is 10.4 Å². The van der Waals surface area contributed by atoms with E-state index < -0.39 is 49.7 Å². The van der Waals surface area contributed by atoms with E-state index in [1.807, 2.05) is 78.2 Å². The highest BCUT2D eigenvalue weighted by molar-refractivity contribution is 7.48. The van der Waals surface area contributed by atoms with Crippen LogP contribution in [-0.4, -0.2) is 77.9 Å². The molecule has 1 fully saturated rings. The number of amides is 2. The van der Waals surface area contributed by atoms with Gasteiger partial charge in [-0.05, 0) is 48.4 Å². The van der Waals surface area contributed by atoms with Crippen LogP contribution in [-0.2, 0) is 37.3 Å². The molecule has 1 aliphatic heterocycles. The molecule has 1 aromatic carbocycles. The van der Waals surface area contributed by atoms with Crippen molar-refractivity contribution in [2.24, 2.45) is 11.8 Å². The zero-order valence-electron chi connectivity index (χ0n) is 31.9. The number of nitrogens with one attached hydrogen (secondary N) is 1. The molecule has 0 saturated carbocycles. The molecule has 5 atom stereocenters. The van der Waals surface area contributed by atoms with E-state index in [0.717, 1.165) is 28.1 Å². The van der Waals surface area contributed by atoms with Crippen molar-refractivity contribution in [2.75, 3.05) is 33.0 Å². The highest BCUT2D eigenvalue weighted by Gasteiger charge is 2.47. The SMILES string of the molecule is CCCCOP(=O)(OCC(C)C)O[C@@H]1C[C@@H](C(=O)N[C@@H](C)c2ccc(-c3scnc3C)cc2)N(C(=O)[C@@H](c2cc(OCCOC(C)=O)no2)C(C)C)C1. The van der Waals surface area contributed by atoms with Crippen LogP contribution >= 0.6 is 19.2 Å². The number of likely N-dealkylation sites (tertiary alicyclic amines) is 1. The number of aryl methyl sites for hydroxylation is 1. The number of nitrogens with zero attached hydrogens (tertiary/aromatic N) is 3. The summed E-state index contributed by atoms with van der Waals surface area (Å²) in [6, 6.07) is 8.08. The van der Waals surface area contributed by atoms with Gasteiger partial charge in [-0.3, -0.25) is 28.0 Å². The van der Waals surface area contributed by atoms with Crippen molar-refractivity contribution in [2.45, 2.75) is 98.8 Å². The minimum Gasteiger partial charge on any atom is -0.472 e. The predicted octanol–water partition coefficient (Wildman–Crippen LogP) is 7.25. The van der Waals surface area contributed by atoms with E-state index in [-0.39, 0.29) is 62.9 Å². The van der Waals surface area contributed by atoms with Gasteiger partial charge in [0.05, 0.1) is 41.4 Å². The first-order chi connectivity index (χ1) is 25.2. The Hall–Kier alpha value is -3.62. The molecule has 1 aliphatic rings. The number of hydrogen-bond acceptors (Lipinski definition) is 13. The van der Waals surface area contributed by atoms with Crippen molar-refractivity contribution in [3.8, 4) is 16.3 Å². The molecule has 0 radical (unpaired) electrons. The fraction of sp³-hybridized carbons (Fsp3) is 0.595. The van der Waals surface area contributed by atoms with Crippen molar-refractivity contribution in [3.63, 3.8) is 0 Å². The second-order valence-electron chi connectivity index (χ2n) is 13.9. The van der Waals surface area contributed by atoms with Gasteiger partial charge in [-0.2, -0.15) is 0 Å². The molecule has 1 unspecified atom stereocenters. The Kier molecular flexibility index (Phi) is 15.6. The lowest BCUT2D eigenvalue weighted by molar-refractivity contribution is -0.141. The molecule has 292 valence electrons. The highest BCUT2D eigenvalue weighted by Crippen LogP contribution is 2.52. The summed E-state index contributed by atoms with van der Waals surface area (Å²) >= 11 is 1.57. The van der Waals surface area contributed by atoms with E-state index in [0.29, 0.717) is 6.42 Å². The predicted molar refractivity (Wildman–Crippen MR) is 199 cm³/mol. The number of phosphoric acid groups is 1. The Morgan fingerprint density at radius 1 is 1.08 bits per heavy atom. The fourth-order valence-electron chi connectivity index (χ4n) is 5.84. The smallest absolute Gasteiger partial charge is 0.472 e. The standard InChI is InChI=1S/C37H53N4O10PS/c1-9-10-15-48-52(45,49-21-23(2)3)51-30-18-31(36(43)39-25(6)28-11-13-29(14-12-28)35-26(7)38-22-53-35)41(20-30)37(44)34(24(4)5)32-19-33(40-50-32)47-17-16-46-27(8)42/h11-14,19,22-25,30-31,34H,9-10,15-18,20-21H2,1-8H3,(H,39,43)/t25-,30+,31-,34+,52?/m0/s1. The molecule has 2 aromatic heterocycles. The summed E-state index contributed by atoms with van der Waals surface area (Å²) in [7, 11) is -4.04. The van der Waals surface area contributed by atoms with E-state index in [1.165, 1.54) is 17.9 Å². The molecule has 14 nitrogen and oxygen atoms in total. The van der Waals surface area contributed by atoms with Gasteiger partial charge in [-0.25, -0.2) is 9.55 Å². The van der Waals surface area contributed by atoms with Crippen molar-refractivity contribution in [1.82, 2.24) is 20.4 Å². The number of hydrogen-bond donors (Lipinski definition) is 1. The van der Waals surface area contributed by atoms with E-state index in [4.69, 9.17) is 27.6 Å². The van der Waals surface area contributed by atoms with E-state index in [1.54, 1.807) is 11.3 Å². The van der Waals surface area contributed by atoms with Crippen molar-refractivity contribution < 1.29 is 46.5 Å². The van der Waals surface area contributed by atoms with E-state index >= 15 is 0 Å².